The van der Waals surface area contributed by atoms with Gasteiger partial charge in [-0.2, -0.15) is 0 Å². The van der Waals surface area contributed by atoms with Crippen LogP contribution in [0.1, 0.15) is 20.3 Å². The molecule has 1 unspecified atom stereocenters. The van der Waals surface area contributed by atoms with Crippen LogP contribution in [0.15, 0.2) is 30.3 Å². The minimum absolute atomic E-state index is 0.103. The van der Waals surface area contributed by atoms with Crippen LogP contribution < -0.4 is 5.32 Å². The molecule has 1 amide bonds. The Morgan fingerprint density at radius 2 is 1.93 bits per heavy atom. The molecule has 1 atom stereocenters. The van der Waals surface area contributed by atoms with Crippen molar-refractivity contribution < 1.29 is 9.90 Å². The summed E-state index contributed by atoms with van der Waals surface area (Å²) in [6, 6.07) is 9.24. The molecule has 0 fully saturated rings. The fraction of sp³-hybridized carbons (Fsp3) is 0.417. The maximum atomic E-state index is 11.5. The van der Waals surface area contributed by atoms with Crippen molar-refractivity contribution in [2.24, 2.45) is 5.92 Å². The predicted molar refractivity (Wildman–Crippen MR) is 60.5 cm³/mol. The molecule has 3 nitrogen and oxygen atoms in total. The van der Waals surface area contributed by atoms with Gasteiger partial charge in [0.05, 0.1) is 12.5 Å². The molecule has 0 aliphatic carbocycles. The molecule has 0 saturated carbocycles. The fourth-order valence-electron chi connectivity index (χ4n) is 1.16. The second kappa shape index (κ2) is 5.51. The Labute approximate surface area is 90.1 Å². The minimum Gasteiger partial charge on any atom is -0.392 e. The Balaban J connectivity index is 2.43. The van der Waals surface area contributed by atoms with Gasteiger partial charge in [0.25, 0.3) is 0 Å². The van der Waals surface area contributed by atoms with E-state index in [-0.39, 0.29) is 18.2 Å². The molecule has 0 radical (unpaired) electrons. The van der Waals surface area contributed by atoms with Crippen LogP contribution >= 0.6 is 0 Å². The smallest absolute Gasteiger partial charge is 0.226 e. The third-order valence-corrected chi connectivity index (χ3v) is 2.22. The van der Waals surface area contributed by atoms with E-state index in [0.29, 0.717) is 0 Å². The SMILES string of the molecule is CC(C)C(O)CC(=O)Nc1ccccc1. The zero-order valence-corrected chi connectivity index (χ0v) is 9.10. The van der Waals surface area contributed by atoms with Gasteiger partial charge in [-0.15, -0.1) is 0 Å². The summed E-state index contributed by atoms with van der Waals surface area (Å²) in [6.07, 6.45) is -0.430. The summed E-state index contributed by atoms with van der Waals surface area (Å²) in [5.41, 5.74) is 0.762. The highest BCUT2D eigenvalue weighted by Crippen LogP contribution is 2.09. The van der Waals surface area contributed by atoms with E-state index in [2.05, 4.69) is 5.32 Å². The van der Waals surface area contributed by atoms with E-state index >= 15 is 0 Å². The number of benzene rings is 1. The van der Waals surface area contributed by atoms with Crippen LogP contribution in [0.4, 0.5) is 5.69 Å². The Bertz CT molecular complexity index is 309. The first-order chi connectivity index (χ1) is 7.09. The molecule has 3 heteroatoms. The zero-order chi connectivity index (χ0) is 11.3. The number of para-hydroxylation sites is 1. The van der Waals surface area contributed by atoms with Crippen molar-refractivity contribution in [2.45, 2.75) is 26.4 Å². The summed E-state index contributed by atoms with van der Waals surface area (Å²) in [7, 11) is 0. The molecular formula is C12H17NO2. The largest absolute Gasteiger partial charge is 0.392 e. The highest BCUT2D eigenvalue weighted by Gasteiger charge is 2.13. The van der Waals surface area contributed by atoms with Crippen molar-refractivity contribution in [2.75, 3.05) is 5.32 Å². The van der Waals surface area contributed by atoms with Gasteiger partial charge >= 0.3 is 0 Å². The Morgan fingerprint density at radius 1 is 1.33 bits per heavy atom. The number of nitrogens with one attached hydrogen (secondary N) is 1. The summed E-state index contributed by atoms with van der Waals surface area (Å²) in [6.45, 7) is 3.78. The van der Waals surface area contributed by atoms with Gasteiger partial charge in [-0.05, 0) is 18.1 Å². The number of carbonyl (C=O) groups excluding carboxylic acids is 1. The average molecular weight is 207 g/mol. The zero-order valence-electron chi connectivity index (χ0n) is 9.10. The molecule has 1 aromatic carbocycles. The van der Waals surface area contributed by atoms with Gasteiger partial charge in [0.15, 0.2) is 0 Å². The minimum atomic E-state index is -0.575. The van der Waals surface area contributed by atoms with Crippen molar-refractivity contribution in [1.82, 2.24) is 0 Å². The number of rotatable bonds is 4. The van der Waals surface area contributed by atoms with Gasteiger partial charge in [0, 0.05) is 5.69 Å². The Hall–Kier alpha value is -1.35. The highest BCUT2D eigenvalue weighted by molar-refractivity contribution is 5.90. The topological polar surface area (TPSA) is 49.3 Å². The van der Waals surface area contributed by atoms with Crippen LogP contribution in [0.5, 0.6) is 0 Å². The molecule has 0 aliphatic heterocycles. The van der Waals surface area contributed by atoms with Gasteiger partial charge in [0.2, 0.25) is 5.91 Å². The summed E-state index contributed by atoms with van der Waals surface area (Å²) in [5.74, 6) is -0.0473. The van der Waals surface area contributed by atoms with Crippen LogP contribution in [0.3, 0.4) is 0 Å². The van der Waals surface area contributed by atoms with Crippen molar-refractivity contribution >= 4 is 11.6 Å². The lowest BCUT2D eigenvalue weighted by atomic mass is 10.0. The van der Waals surface area contributed by atoms with Crippen LogP contribution in [0.25, 0.3) is 0 Å². The first kappa shape index (κ1) is 11.7. The number of hydrogen-bond acceptors (Lipinski definition) is 2. The standard InChI is InChI=1S/C12H17NO2/c1-9(2)11(14)8-12(15)13-10-6-4-3-5-7-10/h3-7,9,11,14H,8H2,1-2H3,(H,13,15). The molecule has 0 spiro atoms. The third-order valence-electron chi connectivity index (χ3n) is 2.22. The molecule has 0 saturated heterocycles. The normalized spacial score (nSPS) is 12.5. The molecule has 15 heavy (non-hydrogen) atoms. The van der Waals surface area contributed by atoms with E-state index in [4.69, 9.17) is 0 Å². The molecule has 82 valence electrons. The van der Waals surface area contributed by atoms with Gasteiger partial charge in [-0.3, -0.25) is 4.79 Å². The summed E-state index contributed by atoms with van der Waals surface area (Å²) in [5, 5.41) is 12.2. The molecule has 0 bridgehead atoms. The van der Waals surface area contributed by atoms with Crippen molar-refractivity contribution in [1.29, 1.82) is 0 Å². The van der Waals surface area contributed by atoms with Crippen LogP contribution in [0, 0.1) is 5.92 Å². The number of aliphatic hydroxyl groups excluding tert-OH is 1. The number of carbonyl (C=O) groups is 1. The second-order valence-corrected chi connectivity index (χ2v) is 3.93. The monoisotopic (exact) mass is 207 g/mol. The first-order valence-electron chi connectivity index (χ1n) is 5.12. The third kappa shape index (κ3) is 4.13. The molecule has 1 rings (SSSR count). The maximum absolute atomic E-state index is 11.5. The molecule has 0 aromatic heterocycles. The maximum Gasteiger partial charge on any atom is 0.226 e. The van der Waals surface area contributed by atoms with E-state index < -0.39 is 6.10 Å². The van der Waals surface area contributed by atoms with Gasteiger partial charge in [-0.25, -0.2) is 0 Å². The van der Waals surface area contributed by atoms with Crippen LogP contribution in [-0.2, 0) is 4.79 Å². The van der Waals surface area contributed by atoms with Gasteiger partial charge in [-0.1, -0.05) is 32.0 Å². The number of hydrogen-bond donors (Lipinski definition) is 2. The lowest BCUT2D eigenvalue weighted by molar-refractivity contribution is -0.118. The number of aliphatic hydroxyl groups is 1. The van der Waals surface area contributed by atoms with E-state index in [1.54, 1.807) is 0 Å². The predicted octanol–water partition coefficient (Wildman–Crippen LogP) is 2.03. The molecular weight excluding hydrogens is 190 g/mol. The quantitative estimate of drug-likeness (QED) is 0.793. The number of anilines is 1. The van der Waals surface area contributed by atoms with E-state index in [9.17, 15) is 9.90 Å². The summed E-state index contributed by atoms with van der Waals surface area (Å²) in [4.78, 5) is 11.5. The fourth-order valence-corrected chi connectivity index (χ4v) is 1.16. The van der Waals surface area contributed by atoms with Gasteiger partial charge < -0.3 is 10.4 Å². The molecule has 0 heterocycles. The average Bonchev–Trinajstić information content (AvgIpc) is 2.18. The first-order valence-corrected chi connectivity index (χ1v) is 5.12. The van der Waals surface area contributed by atoms with Crippen molar-refractivity contribution in [3.63, 3.8) is 0 Å². The van der Waals surface area contributed by atoms with Gasteiger partial charge in [0.1, 0.15) is 0 Å². The summed E-state index contributed by atoms with van der Waals surface area (Å²) >= 11 is 0. The Kier molecular flexibility index (Phi) is 4.31. The van der Waals surface area contributed by atoms with Crippen LogP contribution in [0.2, 0.25) is 0 Å². The van der Waals surface area contributed by atoms with Crippen LogP contribution in [-0.4, -0.2) is 17.1 Å². The Morgan fingerprint density at radius 3 is 2.47 bits per heavy atom. The van der Waals surface area contributed by atoms with E-state index in [1.807, 2.05) is 44.2 Å². The second-order valence-electron chi connectivity index (χ2n) is 3.93. The molecule has 2 N–H and O–H groups in total. The highest BCUT2D eigenvalue weighted by atomic mass is 16.3. The van der Waals surface area contributed by atoms with Crippen molar-refractivity contribution in [3.8, 4) is 0 Å². The van der Waals surface area contributed by atoms with Crippen molar-refractivity contribution in [3.05, 3.63) is 30.3 Å². The van der Waals surface area contributed by atoms with E-state index in [1.165, 1.54) is 0 Å². The lowest BCUT2D eigenvalue weighted by Crippen LogP contribution is -2.23. The van der Waals surface area contributed by atoms with E-state index in [0.717, 1.165) is 5.69 Å². The molecule has 0 aliphatic rings. The number of amides is 1. The lowest BCUT2D eigenvalue weighted by Gasteiger charge is -2.13. The molecule has 1 aromatic rings. The summed E-state index contributed by atoms with van der Waals surface area (Å²) < 4.78 is 0.